The van der Waals surface area contributed by atoms with E-state index in [1.165, 1.54) is 12.1 Å². The van der Waals surface area contributed by atoms with Crippen molar-refractivity contribution in [2.45, 2.75) is 0 Å². The number of halogens is 2. The Hall–Kier alpha value is -2.33. The van der Waals surface area contributed by atoms with Gasteiger partial charge in [-0.05, 0) is 36.4 Å². The van der Waals surface area contributed by atoms with Gasteiger partial charge in [0.1, 0.15) is 0 Å². The number of carbonyl (C=O) groups is 1. The minimum atomic E-state index is -0.634. The molecule has 0 atom stereocenters. The Balaban J connectivity index is 1.90. The number of rotatable bonds is 2. The fourth-order valence-corrected chi connectivity index (χ4v) is 2.16. The molecule has 20 heavy (non-hydrogen) atoms. The summed E-state index contributed by atoms with van der Waals surface area (Å²) in [5.41, 5.74) is 1.46. The summed E-state index contributed by atoms with van der Waals surface area (Å²) in [7, 11) is 0. The number of hydrogen-bond acceptors (Lipinski definition) is 1. The fourth-order valence-electron chi connectivity index (χ4n) is 1.99. The summed E-state index contributed by atoms with van der Waals surface area (Å²) >= 11 is 5.68. The Bertz CT molecular complexity index is 797. The van der Waals surface area contributed by atoms with Crippen LogP contribution in [0.25, 0.3) is 10.9 Å². The predicted octanol–water partition coefficient (Wildman–Crippen LogP) is 4.21. The van der Waals surface area contributed by atoms with Crippen LogP contribution in [0.1, 0.15) is 10.4 Å². The van der Waals surface area contributed by atoms with Gasteiger partial charge in [0.05, 0.1) is 10.7 Å². The Morgan fingerprint density at radius 2 is 2.05 bits per heavy atom. The molecule has 0 saturated heterocycles. The van der Waals surface area contributed by atoms with Crippen LogP contribution in [0, 0.1) is 5.82 Å². The van der Waals surface area contributed by atoms with Gasteiger partial charge in [0, 0.05) is 22.7 Å². The molecule has 0 radical (unpaired) electrons. The number of anilines is 1. The summed E-state index contributed by atoms with van der Waals surface area (Å²) < 4.78 is 13.7. The van der Waals surface area contributed by atoms with Crippen LogP contribution < -0.4 is 5.32 Å². The highest BCUT2D eigenvalue weighted by molar-refractivity contribution is 6.31. The first kappa shape index (κ1) is 12.7. The van der Waals surface area contributed by atoms with Gasteiger partial charge in [-0.15, -0.1) is 0 Å². The van der Waals surface area contributed by atoms with Crippen LogP contribution in [-0.2, 0) is 0 Å². The average Bonchev–Trinajstić information content (AvgIpc) is 2.91. The Morgan fingerprint density at radius 1 is 1.20 bits per heavy atom. The number of amides is 1. The largest absolute Gasteiger partial charge is 0.361 e. The molecule has 3 nitrogen and oxygen atoms in total. The maximum absolute atomic E-state index is 13.7. The number of H-pyrrole nitrogens is 1. The molecule has 2 N–H and O–H groups in total. The molecule has 1 amide bonds. The molecule has 0 spiro atoms. The summed E-state index contributed by atoms with van der Waals surface area (Å²) in [5.74, 6) is -1.01. The van der Waals surface area contributed by atoms with Crippen LogP contribution >= 0.6 is 11.6 Å². The van der Waals surface area contributed by atoms with Crippen molar-refractivity contribution in [1.82, 2.24) is 4.98 Å². The minimum Gasteiger partial charge on any atom is -0.361 e. The van der Waals surface area contributed by atoms with Crippen molar-refractivity contribution in [3.05, 3.63) is 65.1 Å². The maximum Gasteiger partial charge on any atom is 0.255 e. The molecule has 0 aliphatic heterocycles. The summed E-state index contributed by atoms with van der Waals surface area (Å²) in [6.45, 7) is 0. The summed E-state index contributed by atoms with van der Waals surface area (Å²) in [6, 6.07) is 11.6. The average molecular weight is 289 g/mol. The Morgan fingerprint density at radius 3 is 2.90 bits per heavy atom. The lowest BCUT2D eigenvalue weighted by atomic mass is 10.1. The lowest BCUT2D eigenvalue weighted by Crippen LogP contribution is -2.12. The van der Waals surface area contributed by atoms with Crippen LogP contribution in [0.4, 0.5) is 10.1 Å². The highest BCUT2D eigenvalue weighted by Gasteiger charge is 2.11. The van der Waals surface area contributed by atoms with Gasteiger partial charge in [0.15, 0.2) is 5.82 Å². The summed E-state index contributed by atoms with van der Waals surface area (Å²) in [5, 5.41) is 3.41. The van der Waals surface area contributed by atoms with E-state index in [9.17, 15) is 9.18 Å². The Kier molecular flexibility index (Phi) is 3.16. The molecule has 0 saturated carbocycles. The molecule has 0 fully saturated rings. The topological polar surface area (TPSA) is 44.9 Å². The summed E-state index contributed by atoms with van der Waals surface area (Å²) in [6.07, 6.45) is 1.79. The molecule has 0 aliphatic rings. The van der Waals surface area contributed by atoms with E-state index in [4.69, 9.17) is 11.6 Å². The lowest BCUT2D eigenvalue weighted by Gasteiger charge is -2.07. The van der Waals surface area contributed by atoms with E-state index in [0.29, 0.717) is 5.56 Å². The second-order valence-electron chi connectivity index (χ2n) is 4.34. The molecule has 0 bridgehead atoms. The number of fused-ring (bicyclic) bond motifs is 1. The van der Waals surface area contributed by atoms with Crippen molar-refractivity contribution in [3.8, 4) is 0 Å². The first-order valence-corrected chi connectivity index (χ1v) is 6.35. The van der Waals surface area contributed by atoms with Crippen molar-refractivity contribution in [2.75, 3.05) is 5.32 Å². The van der Waals surface area contributed by atoms with Gasteiger partial charge in [-0.1, -0.05) is 17.7 Å². The van der Waals surface area contributed by atoms with Crippen LogP contribution in [0.15, 0.2) is 48.7 Å². The van der Waals surface area contributed by atoms with Crippen molar-refractivity contribution in [2.24, 2.45) is 0 Å². The van der Waals surface area contributed by atoms with Gasteiger partial charge in [-0.3, -0.25) is 4.79 Å². The molecule has 5 heteroatoms. The first-order chi connectivity index (χ1) is 9.65. The van der Waals surface area contributed by atoms with Crippen molar-refractivity contribution in [3.63, 3.8) is 0 Å². The Labute approximate surface area is 119 Å². The molecule has 3 rings (SSSR count). The third-order valence-electron chi connectivity index (χ3n) is 3.02. The second kappa shape index (κ2) is 4.98. The van der Waals surface area contributed by atoms with E-state index in [2.05, 4.69) is 10.3 Å². The molecule has 100 valence electrons. The monoisotopic (exact) mass is 288 g/mol. The lowest BCUT2D eigenvalue weighted by molar-refractivity contribution is 0.102. The SMILES string of the molecule is O=C(Nc1cccc(Cl)c1F)c1ccc2[nH]ccc2c1. The smallest absolute Gasteiger partial charge is 0.255 e. The third kappa shape index (κ3) is 2.26. The van der Waals surface area contributed by atoms with Crippen molar-refractivity contribution >= 4 is 34.1 Å². The number of nitrogens with one attached hydrogen (secondary N) is 2. The standard InChI is InChI=1S/C15H10ClFN2O/c16-11-2-1-3-13(14(11)17)19-15(20)10-4-5-12-9(8-10)6-7-18-12/h1-8,18H,(H,19,20). The molecule has 1 heterocycles. The quantitative estimate of drug-likeness (QED) is 0.729. The van der Waals surface area contributed by atoms with Gasteiger partial charge < -0.3 is 10.3 Å². The zero-order valence-electron chi connectivity index (χ0n) is 10.3. The second-order valence-corrected chi connectivity index (χ2v) is 4.74. The number of aromatic amines is 1. The third-order valence-corrected chi connectivity index (χ3v) is 3.31. The fraction of sp³-hybridized carbons (Fsp3) is 0. The van der Waals surface area contributed by atoms with Gasteiger partial charge in [-0.2, -0.15) is 0 Å². The zero-order valence-corrected chi connectivity index (χ0v) is 11.0. The highest BCUT2D eigenvalue weighted by Crippen LogP contribution is 2.23. The molecule has 0 aliphatic carbocycles. The predicted molar refractivity (Wildman–Crippen MR) is 77.7 cm³/mol. The van der Waals surface area contributed by atoms with Crippen LogP contribution in [0.2, 0.25) is 5.02 Å². The van der Waals surface area contributed by atoms with Gasteiger partial charge >= 0.3 is 0 Å². The summed E-state index contributed by atoms with van der Waals surface area (Å²) in [4.78, 5) is 15.2. The number of benzene rings is 2. The number of carbonyl (C=O) groups excluding carboxylic acids is 1. The maximum atomic E-state index is 13.7. The number of hydrogen-bond donors (Lipinski definition) is 2. The van der Waals surface area contributed by atoms with E-state index in [1.807, 2.05) is 6.07 Å². The van der Waals surface area contributed by atoms with E-state index in [1.54, 1.807) is 30.5 Å². The van der Waals surface area contributed by atoms with Gasteiger partial charge in [0.25, 0.3) is 5.91 Å². The molecule has 2 aromatic carbocycles. The normalized spacial score (nSPS) is 10.7. The zero-order chi connectivity index (χ0) is 14.1. The minimum absolute atomic E-state index is 0.0242. The van der Waals surface area contributed by atoms with Crippen molar-refractivity contribution in [1.29, 1.82) is 0 Å². The molecular weight excluding hydrogens is 279 g/mol. The van der Waals surface area contributed by atoms with Gasteiger partial charge in [-0.25, -0.2) is 4.39 Å². The van der Waals surface area contributed by atoms with Gasteiger partial charge in [0.2, 0.25) is 0 Å². The van der Waals surface area contributed by atoms with Crippen LogP contribution in [0.3, 0.4) is 0 Å². The molecule has 1 aromatic heterocycles. The number of aromatic nitrogens is 1. The van der Waals surface area contributed by atoms with E-state index in [-0.39, 0.29) is 16.6 Å². The first-order valence-electron chi connectivity index (χ1n) is 5.97. The van der Waals surface area contributed by atoms with Crippen LogP contribution in [0.5, 0.6) is 0 Å². The molecule has 0 unspecified atom stereocenters. The van der Waals surface area contributed by atoms with E-state index >= 15 is 0 Å². The van der Waals surface area contributed by atoms with E-state index in [0.717, 1.165) is 10.9 Å². The van der Waals surface area contributed by atoms with Crippen molar-refractivity contribution < 1.29 is 9.18 Å². The van der Waals surface area contributed by atoms with E-state index < -0.39 is 5.82 Å². The van der Waals surface area contributed by atoms with Crippen LogP contribution in [-0.4, -0.2) is 10.9 Å². The molecular formula is C15H10ClFN2O. The molecule has 3 aromatic rings. The highest BCUT2D eigenvalue weighted by atomic mass is 35.5.